The summed E-state index contributed by atoms with van der Waals surface area (Å²) in [5, 5.41) is 2.82. The number of carbonyl (C=O) groups excluding carboxylic acids is 1. The lowest BCUT2D eigenvalue weighted by atomic mass is 9.80. The Hall–Kier alpha value is -3.38. The molecule has 2 aromatic carbocycles. The first-order chi connectivity index (χ1) is 16.4. The molecule has 5 rings (SSSR count). The number of likely N-dealkylation sites (tertiary alicyclic amines) is 1. The Morgan fingerprint density at radius 2 is 1.71 bits per heavy atom. The van der Waals surface area contributed by atoms with Crippen molar-refractivity contribution in [1.29, 1.82) is 0 Å². The van der Waals surface area contributed by atoms with Gasteiger partial charge in [0.25, 0.3) is 5.56 Å². The highest BCUT2D eigenvalue weighted by Crippen LogP contribution is 2.40. The second-order valence-electron chi connectivity index (χ2n) is 9.89. The van der Waals surface area contributed by atoms with Crippen LogP contribution in [0.25, 0.3) is 11.1 Å². The van der Waals surface area contributed by atoms with E-state index in [-0.39, 0.29) is 11.5 Å². The van der Waals surface area contributed by atoms with Crippen LogP contribution >= 0.6 is 0 Å². The molecule has 0 saturated carbocycles. The van der Waals surface area contributed by atoms with Crippen LogP contribution in [0, 0.1) is 5.92 Å². The summed E-state index contributed by atoms with van der Waals surface area (Å²) in [6.45, 7) is 5.19. The lowest BCUT2D eigenvalue weighted by molar-refractivity contribution is -0.114. The van der Waals surface area contributed by atoms with Crippen molar-refractivity contribution < 1.29 is 4.79 Å². The number of nitrogens with one attached hydrogen (secondary N) is 1. The smallest absolute Gasteiger partial charge is 0.250 e. The van der Waals surface area contributed by atoms with Crippen molar-refractivity contribution in [3.8, 4) is 11.1 Å². The summed E-state index contributed by atoms with van der Waals surface area (Å²) < 4.78 is 2.01. The molecule has 2 aliphatic rings. The van der Waals surface area contributed by atoms with Gasteiger partial charge in [-0.25, -0.2) is 0 Å². The predicted octanol–water partition coefficient (Wildman–Crippen LogP) is 4.16. The SMILES string of the molecule is CC(=O)Nc1ccc(-c2ccc(=O)n3c2[C@@H]2C[C@@H](CN(Cc4ccc(N(C)C)cc4)C2)C3)cc1. The van der Waals surface area contributed by atoms with Crippen LogP contribution in [0.3, 0.4) is 0 Å². The lowest BCUT2D eigenvalue weighted by Crippen LogP contribution is -2.47. The number of anilines is 2. The maximum Gasteiger partial charge on any atom is 0.250 e. The summed E-state index contributed by atoms with van der Waals surface area (Å²) in [5.74, 6) is 0.732. The quantitative estimate of drug-likeness (QED) is 0.626. The summed E-state index contributed by atoms with van der Waals surface area (Å²) in [5.41, 5.74) is 6.76. The third-order valence-corrected chi connectivity index (χ3v) is 7.04. The number of nitrogens with zero attached hydrogens (tertiary/aromatic N) is 3. The van der Waals surface area contributed by atoms with Crippen molar-refractivity contribution in [3.63, 3.8) is 0 Å². The van der Waals surface area contributed by atoms with Gasteiger partial charge in [-0.3, -0.25) is 14.5 Å². The fourth-order valence-corrected chi connectivity index (χ4v) is 5.58. The second-order valence-corrected chi connectivity index (χ2v) is 9.89. The summed E-state index contributed by atoms with van der Waals surface area (Å²) in [7, 11) is 4.12. The van der Waals surface area contributed by atoms with Crippen LogP contribution in [-0.2, 0) is 17.9 Å². The van der Waals surface area contributed by atoms with Crippen molar-refractivity contribution in [2.24, 2.45) is 5.92 Å². The molecule has 6 nitrogen and oxygen atoms in total. The van der Waals surface area contributed by atoms with Crippen molar-refractivity contribution in [1.82, 2.24) is 9.47 Å². The third kappa shape index (κ3) is 4.50. The van der Waals surface area contributed by atoms with Gasteiger partial charge in [-0.05, 0) is 53.8 Å². The molecular weight excluding hydrogens is 424 g/mol. The molecule has 1 aromatic heterocycles. The van der Waals surface area contributed by atoms with Crippen LogP contribution in [0.4, 0.5) is 11.4 Å². The van der Waals surface area contributed by atoms with E-state index in [4.69, 9.17) is 0 Å². The van der Waals surface area contributed by atoms with Gasteiger partial charge >= 0.3 is 0 Å². The summed E-state index contributed by atoms with van der Waals surface area (Å²) >= 11 is 0. The molecule has 34 heavy (non-hydrogen) atoms. The molecular formula is C28H32N4O2. The van der Waals surface area contributed by atoms with E-state index < -0.39 is 0 Å². The average Bonchev–Trinajstić information content (AvgIpc) is 2.80. The van der Waals surface area contributed by atoms with Gasteiger partial charge in [0.05, 0.1) is 0 Å². The topological polar surface area (TPSA) is 57.6 Å². The summed E-state index contributed by atoms with van der Waals surface area (Å²) in [6, 6.07) is 20.4. The number of hydrogen-bond acceptors (Lipinski definition) is 4. The molecule has 3 aromatic rings. The van der Waals surface area contributed by atoms with E-state index in [1.807, 2.05) is 34.9 Å². The van der Waals surface area contributed by atoms with E-state index >= 15 is 0 Å². The van der Waals surface area contributed by atoms with Crippen molar-refractivity contribution in [2.75, 3.05) is 37.4 Å². The number of carbonyl (C=O) groups is 1. The molecule has 2 bridgehead atoms. The van der Waals surface area contributed by atoms with E-state index in [0.29, 0.717) is 11.8 Å². The van der Waals surface area contributed by atoms with Gasteiger partial charge in [0, 0.05) is 81.8 Å². The van der Waals surface area contributed by atoms with Gasteiger partial charge < -0.3 is 14.8 Å². The van der Waals surface area contributed by atoms with Crippen LogP contribution in [0.1, 0.15) is 30.5 Å². The maximum absolute atomic E-state index is 12.8. The lowest BCUT2D eigenvalue weighted by Gasteiger charge is -2.43. The first-order valence-corrected chi connectivity index (χ1v) is 12.0. The first kappa shape index (κ1) is 22.4. The zero-order valence-corrected chi connectivity index (χ0v) is 20.1. The molecule has 6 heteroatoms. The number of pyridine rings is 1. The van der Waals surface area contributed by atoms with E-state index in [2.05, 4.69) is 53.5 Å². The number of benzene rings is 2. The first-order valence-electron chi connectivity index (χ1n) is 12.0. The largest absolute Gasteiger partial charge is 0.378 e. The molecule has 1 saturated heterocycles. The van der Waals surface area contributed by atoms with Crippen molar-refractivity contribution in [2.45, 2.75) is 32.4 Å². The van der Waals surface area contributed by atoms with E-state index in [1.165, 1.54) is 18.2 Å². The Morgan fingerprint density at radius 1 is 0.971 bits per heavy atom. The number of piperidine rings is 1. The standard InChI is InChI=1S/C28H32N4O2/c1-19(33)29-24-8-6-22(7-9-24)26-12-13-27(34)32-17-21-14-23(28(26)32)18-31(16-21)15-20-4-10-25(11-5-20)30(2)3/h4-13,21,23H,14-18H2,1-3H3,(H,29,33)/t21-,23+/m0/s1. The Balaban J connectivity index is 1.42. The summed E-state index contributed by atoms with van der Waals surface area (Å²) in [6.07, 6.45) is 1.12. The monoisotopic (exact) mass is 456 g/mol. The van der Waals surface area contributed by atoms with Crippen LogP contribution in [0.2, 0.25) is 0 Å². The molecule has 0 unspecified atom stereocenters. The van der Waals surface area contributed by atoms with E-state index in [1.54, 1.807) is 6.07 Å². The molecule has 3 heterocycles. The second kappa shape index (κ2) is 9.11. The minimum atomic E-state index is -0.0823. The Labute approximate surface area is 200 Å². The molecule has 0 spiro atoms. The van der Waals surface area contributed by atoms with Gasteiger partial charge in [-0.15, -0.1) is 0 Å². The zero-order chi connectivity index (χ0) is 23.8. The molecule has 0 radical (unpaired) electrons. The normalized spacial score (nSPS) is 19.4. The van der Waals surface area contributed by atoms with Gasteiger partial charge in [0.1, 0.15) is 0 Å². The maximum atomic E-state index is 12.8. The van der Waals surface area contributed by atoms with Crippen molar-refractivity contribution in [3.05, 3.63) is 82.3 Å². The Morgan fingerprint density at radius 3 is 2.38 bits per heavy atom. The predicted molar refractivity (Wildman–Crippen MR) is 137 cm³/mol. The van der Waals surface area contributed by atoms with Crippen LogP contribution in [0.5, 0.6) is 0 Å². The molecule has 1 amide bonds. The highest BCUT2D eigenvalue weighted by molar-refractivity contribution is 5.89. The molecule has 1 fully saturated rings. The fraction of sp³-hybridized carbons (Fsp3) is 0.357. The zero-order valence-electron chi connectivity index (χ0n) is 20.1. The highest BCUT2D eigenvalue weighted by atomic mass is 16.1. The molecule has 0 aliphatic carbocycles. The number of rotatable bonds is 5. The fourth-order valence-electron chi connectivity index (χ4n) is 5.58. The van der Waals surface area contributed by atoms with Gasteiger partial charge in [-0.1, -0.05) is 24.3 Å². The number of fused-ring (bicyclic) bond motifs is 4. The number of amides is 1. The van der Waals surface area contributed by atoms with Crippen LogP contribution < -0.4 is 15.8 Å². The Kier molecular flexibility index (Phi) is 6.00. The molecule has 176 valence electrons. The minimum absolute atomic E-state index is 0.0823. The van der Waals surface area contributed by atoms with Crippen molar-refractivity contribution >= 4 is 17.3 Å². The Bertz CT molecular complexity index is 1240. The average molecular weight is 457 g/mol. The van der Waals surface area contributed by atoms with Gasteiger partial charge in [0.15, 0.2) is 0 Å². The minimum Gasteiger partial charge on any atom is -0.378 e. The van der Waals surface area contributed by atoms with E-state index in [0.717, 1.165) is 55.1 Å². The van der Waals surface area contributed by atoms with Gasteiger partial charge in [-0.2, -0.15) is 0 Å². The molecule has 1 N–H and O–H groups in total. The highest BCUT2D eigenvalue weighted by Gasteiger charge is 2.36. The summed E-state index contributed by atoms with van der Waals surface area (Å²) in [4.78, 5) is 28.8. The van der Waals surface area contributed by atoms with Crippen LogP contribution in [-0.4, -0.2) is 42.6 Å². The third-order valence-electron chi connectivity index (χ3n) is 7.04. The van der Waals surface area contributed by atoms with E-state index in [9.17, 15) is 9.59 Å². The number of aromatic nitrogens is 1. The molecule has 2 atom stereocenters. The van der Waals surface area contributed by atoms with Crippen LogP contribution in [0.15, 0.2) is 65.5 Å². The molecule has 2 aliphatic heterocycles. The number of hydrogen-bond donors (Lipinski definition) is 1. The van der Waals surface area contributed by atoms with Gasteiger partial charge in [0.2, 0.25) is 5.91 Å².